The second-order valence-corrected chi connectivity index (χ2v) is 6.49. The standard InChI is InChI=1S/C12H23N3OS/c1-12(13,10-2-3-10)11(16)14-4-5-15-6-8-17-9-7-15/h10H,2-9,13H2,1H3,(H,14,16). The molecule has 2 rings (SSSR count). The van der Waals surface area contributed by atoms with E-state index >= 15 is 0 Å². The fraction of sp³-hybridized carbons (Fsp3) is 0.917. The van der Waals surface area contributed by atoms with Crippen LogP contribution in [0.1, 0.15) is 19.8 Å². The van der Waals surface area contributed by atoms with Gasteiger partial charge < -0.3 is 11.1 Å². The summed E-state index contributed by atoms with van der Waals surface area (Å²) in [6, 6.07) is 0. The highest BCUT2D eigenvalue weighted by molar-refractivity contribution is 7.99. The number of amides is 1. The van der Waals surface area contributed by atoms with Crippen LogP contribution in [-0.4, -0.2) is 54.0 Å². The zero-order valence-corrected chi connectivity index (χ0v) is 11.4. The van der Waals surface area contributed by atoms with Gasteiger partial charge >= 0.3 is 0 Å². The Balaban J connectivity index is 1.65. The van der Waals surface area contributed by atoms with Crippen LogP contribution in [0.15, 0.2) is 0 Å². The van der Waals surface area contributed by atoms with E-state index in [0.717, 1.165) is 39.0 Å². The summed E-state index contributed by atoms with van der Waals surface area (Å²) < 4.78 is 0. The zero-order valence-electron chi connectivity index (χ0n) is 10.6. The van der Waals surface area contributed by atoms with Crippen LogP contribution < -0.4 is 11.1 Å². The summed E-state index contributed by atoms with van der Waals surface area (Å²) in [5.41, 5.74) is 5.40. The first-order valence-corrected chi connectivity index (χ1v) is 7.63. The van der Waals surface area contributed by atoms with Gasteiger partial charge in [-0.3, -0.25) is 9.69 Å². The van der Waals surface area contributed by atoms with Crippen molar-refractivity contribution in [1.29, 1.82) is 0 Å². The number of carbonyl (C=O) groups is 1. The number of nitrogens with zero attached hydrogens (tertiary/aromatic N) is 1. The fourth-order valence-corrected chi connectivity index (χ4v) is 3.19. The van der Waals surface area contributed by atoms with E-state index in [4.69, 9.17) is 5.73 Å². The summed E-state index contributed by atoms with van der Waals surface area (Å²) in [5.74, 6) is 2.84. The summed E-state index contributed by atoms with van der Waals surface area (Å²) in [7, 11) is 0. The first-order valence-electron chi connectivity index (χ1n) is 6.48. The molecule has 1 amide bonds. The Hall–Kier alpha value is -0.260. The molecular formula is C12H23N3OS. The molecule has 3 N–H and O–H groups in total. The van der Waals surface area contributed by atoms with E-state index in [1.165, 1.54) is 11.5 Å². The Morgan fingerprint density at radius 3 is 2.71 bits per heavy atom. The van der Waals surface area contributed by atoms with Crippen molar-refractivity contribution in [2.75, 3.05) is 37.7 Å². The third kappa shape index (κ3) is 3.60. The molecule has 1 saturated heterocycles. The van der Waals surface area contributed by atoms with Gasteiger partial charge in [-0.2, -0.15) is 11.8 Å². The lowest BCUT2D eigenvalue weighted by Crippen LogP contribution is -2.54. The molecule has 1 atom stereocenters. The lowest BCUT2D eigenvalue weighted by molar-refractivity contribution is -0.126. The molecule has 1 aliphatic carbocycles. The highest BCUT2D eigenvalue weighted by Gasteiger charge is 2.43. The molecular weight excluding hydrogens is 234 g/mol. The molecule has 0 spiro atoms. The second-order valence-electron chi connectivity index (χ2n) is 5.27. The molecule has 17 heavy (non-hydrogen) atoms. The minimum absolute atomic E-state index is 0.0198. The average Bonchev–Trinajstić information content (AvgIpc) is 3.14. The van der Waals surface area contributed by atoms with Gasteiger partial charge in [0.25, 0.3) is 0 Å². The van der Waals surface area contributed by atoms with Crippen LogP contribution in [-0.2, 0) is 4.79 Å². The Morgan fingerprint density at radius 1 is 1.47 bits per heavy atom. The largest absolute Gasteiger partial charge is 0.353 e. The smallest absolute Gasteiger partial charge is 0.240 e. The molecule has 1 aliphatic heterocycles. The van der Waals surface area contributed by atoms with Crippen LogP contribution in [0.4, 0.5) is 0 Å². The number of nitrogens with two attached hydrogens (primary N) is 1. The van der Waals surface area contributed by atoms with E-state index in [-0.39, 0.29) is 5.91 Å². The first kappa shape index (κ1) is 13.2. The predicted octanol–water partition coefficient (Wildman–Crippen LogP) is 0.279. The molecule has 5 heteroatoms. The van der Waals surface area contributed by atoms with Crippen molar-refractivity contribution < 1.29 is 4.79 Å². The molecule has 4 nitrogen and oxygen atoms in total. The Kier molecular flexibility index (Phi) is 4.33. The number of hydrogen-bond donors (Lipinski definition) is 2. The van der Waals surface area contributed by atoms with Gasteiger partial charge in [-0.05, 0) is 25.7 Å². The lowest BCUT2D eigenvalue weighted by Gasteiger charge is -2.27. The van der Waals surface area contributed by atoms with E-state index in [9.17, 15) is 4.79 Å². The second kappa shape index (κ2) is 5.59. The fourth-order valence-electron chi connectivity index (χ4n) is 2.21. The van der Waals surface area contributed by atoms with Crippen molar-refractivity contribution in [3.05, 3.63) is 0 Å². The molecule has 0 aromatic heterocycles. The third-order valence-electron chi connectivity index (χ3n) is 3.73. The Morgan fingerprint density at radius 2 is 2.12 bits per heavy atom. The molecule has 1 unspecified atom stereocenters. The SMILES string of the molecule is CC(N)(C(=O)NCCN1CCSCC1)C1CC1. The number of thioether (sulfide) groups is 1. The van der Waals surface area contributed by atoms with E-state index in [1.54, 1.807) is 0 Å². The molecule has 1 saturated carbocycles. The maximum Gasteiger partial charge on any atom is 0.240 e. The summed E-state index contributed by atoms with van der Waals surface area (Å²) in [4.78, 5) is 14.3. The molecule has 0 bridgehead atoms. The van der Waals surface area contributed by atoms with Gasteiger partial charge in [0.05, 0.1) is 5.54 Å². The molecule has 0 radical (unpaired) electrons. The normalized spacial score (nSPS) is 25.3. The molecule has 1 heterocycles. The summed E-state index contributed by atoms with van der Waals surface area (Å²) >= 11 is 2.01. The monoisotopic (exact) mass is 257 g/mol. The summed E-state index contributed by atoms with van der Waals surface area (Å²) in [5, 5.41) is 2.98. The van der Waals surface area contributed by atoms with Crippen LogP contribution in [0.2, 0.25) is 0 Å². The maximum absolute atomic E-state index is 11.9. The van der Waals surface area contributed by atoms with Crippen LogP contribution in [0.25, 0.3) is 0 Å². The zero-order chi connectivity index (χ0) is 12.3. The molecule has 98 valence electrons. The molecule has 0 aromatic carbocycles. The van der Waals surface area contributed by atoms with Gasteiger partial charge in [-0.25, -0.2) is 0 Å². The maximum atomic E-state index is 11.9. The Bertz CT molecular complexity index is 273. The van der Waals surface area contributed by atoms with Gasteiger partial charge in [-0.15, -0.1) is 0 Å². The number of hydrogen-bond acceptors (Lipinski definition) is 4. The topological polar surface area (TPSA) is 58.4 Å². The van der Waals surface area contributed by atoms with E-state index in [0.29, 0.717) is 5.92 Å². The van der Waals surface area contributed by atoms with Crippen LogP contribution in [0.3, 0.4) is 0 Å². The summed E-state index contributed by atoms with van der Waals surface area (Å²) in [6.45, 7) is 5.82. The quantitative estimate of drug-likeness (QED) is 0.743. The van der Waals surface area contributed by atoms with Crippen molar-refractivity contribution in [3.63, 3.8) is 0 Å². The van der Waals surface area contributed by atoms with Crippen molar-refractivity contribution in [1.82, 2.24) is 10.2 Å². The minimum Gasteiger partial charge on any atom is -0.353 e. The van der Waals surface area contributed by atoms with Gasteiger partial charge in [0.2, 0.25) is 5.91 Å². The minimum atomic E-state index is -0.655. The van der Waals surface area contributed by atoms with Crippen molar-refractivity contribution in [3.8, 4) is 0 Å². The van der Waals surface area contributed by atoms with Crippen molar-refractivity contribution in [2.24, 2.45) is 11.7 Å². The van der Waals surface area contributed by atoms with Gasteiger partial charge in [-0.1, -0.05) is 0 Å². The van der Waals surface area contributed by atoms with Crippen molar-refractivity contribution >= 4 is 17.7 Å². The van der Waals surface area contributed by atoms with Crippen molar-refractivity contribution in [2.45, 2.75) is 25.3 Å². The van der Waals surface area contributed by atoms with Crippen LogP contribution >= 0.6 is 11.8 Å². The number of nitrogens with one attached hydrogen (secondary N) is 1. The number of carbonyl (C=O) groups excluding carboxylic acids is 1. The first-order chi connectivity index (χ1) is 8.10. The highest BCUT2D eigenvalue weighted by atomic mass is 32.2. The van der Waals surface area contributed by atoms with Crippen LogP contribution in [0.5, 0.6) is 0 Å². The highest BCUT2D eigenvalue weighted by Crippen LogP contribution is 2.37. The average molecular weight is 257 g/mol. The third-order valence-corrected chi connectivity index (χ3v) is 4.67. The van der Waals surface area contributed by atoms with E-state index in [1.807, 2.05) is 18.7 Å². The molecule has 2 fully saturated rings. The van der Waals surface area contributed by atoms with Gasteiger partial charge in [0.1, 0.15) is 0 Å². The molecule has 0 aromatic rings. The predicted molar refractivity (Wildman–Crippen MR) is 72.1 cm³/mol. The van der Waals surface area contributed by atoms with Gasteiger partial charge in [0, 0.05) is 37.7 Å². The summed E-state index contributed by atoms with van der Waals surface area (Å²) in [6.07, 6.45) is 2.20. The van der Waals surface area contributed by atoms with E-state index < -0.39 is 5.54 Å². The van der Waals surface area contributed by atoms with Gasteiger partial charge in [0.15, 0.2) is 0 Å². The number of rotatable bonds is 5. The molecule has 2 aliphatic rings. The lowest BCUT2D eigenvalue weighted by atomic mass is 9.96. The van der Waals surface area contributed by atoms with Crippen LogP contribution in [0, 0.1) is 5.92 Å². The van der Waals surface area contributed by atoms with E-state index in [2.05, 4.69) is 10.2 Å². The Labute approximate surface area is 108 Å².